The van der Waals surface area contributed by atoms with Gasteiger partial charge in [-0.05, 0) is 23.3 Å². The lowest BCUT2D eigenvalue weighted by Crippen LogP contribution is -2.26. The summed E-state index contributed by atoms with van der Waals surface area (Å²) in [5, 5.41) is 11.2. The maximum absolute atomic E-state index is 10.6. The summed E-state index contributed by atoms with van der Waals surface area (Å²) < 4.78 is 43.0. The van der Waals surface area contributed by atoms with E-state index in [9.17, 15) is 13.2 Å². The van der Waals surface area contributed by atoms with E-state index in [0.29, 0.717) is 0 Å². The quantitative estimate of drug-likeness (QED) is 0.840. The topological polar surface area (TPSA) is 67.8 Å². The van der Waals surface area contributed by atoms with Crippen molar-refractivity contribution < 1.29 is 32.5 Å². The molecular weight excluding hydrogens is 351 g/mol. The van der Waals surface area contributed by atoms with Crippen LogP contribution >= 0.6 is 11.6 Å². The summed E-state index contributed by atoms with van der Waals surface area (Å²) in [5.41, 5.74) is 2.59. The number of carbonyl (C=O) groups is 1. The fourth-order valence-corrected chi connectivity index (χ4v) is 2.59. The lowest BCUT2D eigenvalue weighted by Gasteiger charge is -2.24. The highest BCUT2D eigenvalue weighted by Crippen LogP contribution is 2.32. The van der Waals surface area contributed by atoms with Crippen LogP contribution in [0.4, 0.5) is 13.2 Å². The van der Waals surface area contributed by atoms with Crippen molar-refractivity contribution in [2.45, 2.75) is 38.2 Å². The zero-order valence-electron chi connectivity index (χ0n) is 12.7. The Morgan fingerprint density at radius 1 is 1.25 bits per heavy atom. The van der Waals surface area contributed by atoms with Gasteiger partial charge in [0, 0.05) is 25.9 Å². The molecule has 1 saturated heterocycles. The molecule has 0 aromatic heterocycles. The number of hydrogen-bond acceptors (Lipinski definition) is 4. The van der Waals surface area contributed by atoms with Crippen LogP contribution in [-0.4, -0.2) is 36.6 Å². The van der Waals surface area contributed by atoms with Gasteiger partial charge in [0.2, 0.25) is 0 Å². The molecular formula is C15H17ClF3NO4. The van der Waals surface area contributed by atoms with E-state index < -0.39 is 12.1 Å². The SMILES string of the molecule is Clc1cc2c(cc1OC1CCOCC1)CNC2.O=C(O)C(F)(F)F. The molecule has 0 saturated carbocycles. The minimum atomic E-state index is -5.08. The van der Waals surface area contributed by atoms with Gasteiger partial charge < -0.3 is 19.9 Å². The number of ether oxygens (including phenoxy) is 2. The normalized spacial score (nSPS) is 17.7. The Bertz CT molecular complexity index is 589. The Morgan fingerprint density at radius 2 is 1.79 bits per heavy atom. The molecule has 0 amide bonds. The smallest absolute Gasteiger partial charge is 0.489 e. The van der Waals surface area contributed by atoms with Crippen molar-refractivity contribution >= 4 is 17.6 Å². The number of fused-ring (bicyclic) bond motifs is 1. The van der Waals surface area contributed by atoms with Gasteiger partial charge in [-0.1, -0.05) is 11.6 Å². The van der Waals surface area contributed by atoms with E-state index in [1.807, 2.05) is 6.07 Å². The number of alkyl halides is 3. The molecule has 0 spiro atoms. The molecule has 1 aromatic carbocycles. The molecule has 134 valence electrons. The Labute approximate surface area is 141 Å². The summed E-state index contributed by atoms with van der Waals surface area (Å²) in [5.74, 6) is -1.94. The van der Waals surface area contributed by atoms with Crippen LogP contribution in [0, 0.1) is 0 Å². The predicted molar refractivity (Wildman–Crippen MR) is 80.2 cm³/mol. The van der Waals surface area contributed by atoms with Crippen LogP contribution < -0.4 is 10.1 Å². The molecule has 1 aromatic rings. The zero-order valence-corrected chi connectivity index (χ0v) is 13.4. The largest absolute Gasteiger partial charge is 0.490 e. The maximum Gasteiger partial charge on any atom is 0.490 e. The third-order valence-electron chi connectivity index (χ3n) is 3.59. The van der Waals surface area contributed by atoms with E-state index in [1.165, 1.54) is 11.1 Å². The number of benzene rings is 1. The number of aliphatic carboxylic acids is 1. The molecule has 0 radical (unpaired) electrons. The molecule has 1 fully saturated rings. The second kappa shape index (κ2) is 8.04. The molecule has 5 nitrogen and oxygen atoms in total. The van der Waals surface area contributed by atoms with Gasteiger partial charge in [0.1, 0.15) is 11.9 Å². The Balaban J connectivity index is 0.000000256. The molecule has 9 heteroatoms. The Kier molecular flexibility index (Phi) is 6.31. The lowest BCUT2D eigenvalue weighted by atomic mass is 10.1. The number of rotatable bonds is 2. The number of halogens is 4. The van der Waals surface area contributed by atoms with Crippen LogP contribution in [-0.2, 0) is 22.6 Å². The van der Waals surface area contributed by atoms with Crippen LogP contribution in [0.15, 0.2) is 12.1 Å². The van der Waals surface area contributed by atoms with Gasteiger partial charge >= 0.3 is 12.1 Å². The van der Waals surface area contributed by atoms with Crippen LogP contribution in [0.25, 0.3) is 0 Å². The second-order valence-electron chi connectivity index (χ2n) is 5.39. The van der Waals surface area contributed by atoms with Gasteiger partial charge in [-0.15, -0.1) is 0 Å². The zero-order chi connectivity index (χ0) is 17.7. The third kappa shape index (κ3) is 5.25. The van der Waals surface area contributed by atoms with Crippen molar-refractivity contribution in [1.82, 2.24) is 5.32 Å². The molecule has 2 N–H and O–H groups in total. The number of nitrogens with one attached hydrogen (secondary N) is 1. The average molecular weight is 368 g/mol. The molecule has 0 bridgehead atoms. The monoisotopic (exact) mass is 367 g/mol. The average Bonchev–Trinajstić information content (AvgIpc) is 2.95. The van der Waals surface area contributed by atoms with Gasteiger partial charge in [0.15, 0.2) is 0 Å². The minimum Gasteiger partial charge on any atom is -0.489 e. The molecule has 2 heterocycles. The van der Waals surface area contributed by atoms with Gasteiger partial charge in [-0.25, -0.2) is 4.79 Å². The van der Waals surface area contributed by atoms with E-state index in [2.05, 4.69) is 11.4 Å². The van der Waals surface area contributed by atoms with Crippen molar-refractivity contribution in [1.29, 1.82) is 0 Å². The van der Waals surface area contributed by atoms with Crippen LogP contribution in [0.5, 0.6) is 5.75 Å². The van der Waals surface area contributed by atoms with Gasteiger partial charge in [-0.3, -0.25) is 0 Å². The van der Waals surface area contributed by atoms with Crippen LogP contribution in [0.1, 0.15) is 24.0 Å². The van der Waals surface area contributed by atoms with E-state index in [4.69, 9.17) is 31.0 Å². The highest BCUT2D eigenvalue weighted by atomic mass is 35.5. The first kappa shape index (κ1) is 18.8. The number of hydrogen-bond donors (Lipinski definition) is 2. The predicted octanol–water partition coefficient (Wildman–Crippen LogP) is 3.13. The highest BCUT2D eigenvalue weighted by Gasteiger charge is 2.38. The summed E-state index contributed by atoms with van der Waals surface area (Å²) in [6, 6.07) is 4.10. The van der Waals surface area contributed by atoms with Gasteiger partial charge in [0.05, 0.1) is 18.2 Å². The number of carboxylic acid groups (broad SMARTS) is 1. The summed E-state index contributed by atoms with van der Waals surface area (Å²) in [6.45, 7) is 3.40. The second-order valence-corrected chi connectivity index (χ2v) is 5.79. The fraction of sp³-hybridized carbons (Fsp3) is 0.533. The summed E-state index contributed by atoms with van der Waals surface area (Å²) >= 11 is 6.24. The maximum atomic E-state index is 10.6. The molecule has 2 aliphatic rings. The van der Waals surface area contributed by atoms with E-state index in [1.54, 1.807) is 0 Å². The first-order valence-corrected chi connectivity index (χ1v) is 7.71. The fourth-order valence-electron chi connectivity index (χ4n) is 2.36. The molecule has 0 atom stereocenters. The summed E-state index contributed by atoms with van der Waals surface area (Å²) in [7, 11) is 0. The Morgan fingerprint density at radius 3 is 2.33 bits per heavy atom. The molecule has 2 aliphatic heterocycles. The van der Waals surface area contributed by atoms with Crippen molar-refractivity contribution in [3.8, 4) is 5.75 Å². The molecule has 3 rings (SSSR count). The third-order valence-corrected chi connectivity index (χ3v) is 3.88. The van der Waals surface area contributed by atoms with Crippen molar-refractivity contribution in [3.05, 3.63) is 28.3 Å². The molecule has 24 heavy (non-hydrogen) atoms. The van der Waals surface area contributed by atoms with E-state index in [-0.39, 0.29) is 6.10 Å². The first-order valence-electron chi connectivity index (χ1n) is 7.34. The summed E-state index contributed by atoms with van der Waals surface area (Å²) in [6.07, 6.45) is -2.94. The first-order chi connectivity index (χ1) is 11.3. The minimum absolute atomic E-state index is 0.244. The van der Waals surface area contributed by atoms with Crippen molar-refractivity contribution in [2.24, 2.45) is 0 Å². The van der Waals surface area contributed by atoms with Gasteiger partial charge in [0.25, 0.3) is 0 Å². The standard InChI is InChI=1S/C13H16ClNO2.C2HF3O2/c14-12-5-9-7-15-8-10(9)6-13(12)17-11-1-3-16-4-2-11;3-2(4,5)1(6)7/h5-6,11,15H,1-4,7-8H2;(H,6,7). The van der Waals surface area contributed by atoms with Gasteiger partial charge in [-0.2, -0.15) is 13.2 Å². The van der Waals surface area contributed by atoms with Crippen LogP contribution in [0.3, 0.4) is 0 Å². The number of carboxylic acids is 1. The lowest BCUT2D eigenvalue weighted by molar-refractivity contribution is -0.192. The highest BCUT2D eigenvalue weighted by molar-refractivity contribution is 6.32. The van der Waals surface area contributed by atoms with Crippen molar-refractivity contribution in [3.63, 3.8) is 0 Å². The molecule has 0 unspecified atom stereocenters. The van der Waals surface area contributed by atoms with Crippen LogP contribution in [0.2, 0.25) is 5.02 Å². The van der Waals surface area contributed by atoms with E-state index >= 15 is 0 Å². The summed E-state index contributed by atoms with van der Waals surface area (Å²) in [4.78, 5) is 8.90. The van der Waals surface area contributed by atoms with Crippen molar-refractivity contribution in [2.75, 3.05) is 13.2 Å². The molecule has 0 aliphatic carbocycles. The van der Waals surface area contributed by atoms with E-state index in [0.717, 1.165) is 49.9 Å². The Hall–Kier alpha value is -1.51.